The van der Waals surface area contributed by atoms with Crippen LogP contribution in [0.1, 0.15) is 12.8 Å². The Morgan fingerprint density at radius 1 is 1.62 bits per heavy atom. The largest absolute Gasteiger partial charge is 0.375 e. The number of alkyl halides is 1. The standard InChI is InChI=1S/C8H15IN2O4S/c1-15-5-8(12)11-3-2-6(4-7(11)9)16(10,13)14/h6-7H,2-5H2,1H3,(H2,10,13,14). The molecule has 1 rings (SSSR count). The average Bonchev–Trinajstić information content (AvgIpc) is 2.16. The summed E-state index contributed by atoms with van der Waals surface area (Å²) in [6.45, 7) is 0.441. The molecule has 0 spiro atoms. The molecule has 0 aromatic carbocycles. The van der Waals surface area contributed by atoms with E-state index in [-0.39, 0.29) is 16.6 Å². The van der Waals surface area contributed by atoms with E-state index in [0.29, 0.717) is 19.4 Å². The van der Waals surface area contributed by atoms with Gasteiger partial charge in [-0.15, -0.1) is 0 Å². The molecule has 0 radical (unpaired) electrons. The molecule has 1 amide bonds. The van der Waals surface area contributed by atoms with Gasteiger partial charge in [0, 0.05) is 13.7 Å². The van der Waals surface area contributed by atoms with E-state index in [2.05, 4.69) is 22.6 Å². The highest BCUT2D eigenvalue weighted by atomic mass is 127. The molecule has 0 aliphatic carbocycles. The number of hydrogen-bond acceptors (Lipinski definition) is 4. The third-order valence-electron chi connectivity index (χ3n) is 2.54. The van der Waals surface area contributed by atoms with Gasteiger partial charge in [0.1, 0.15) is 6.61 Å². The lowest BCUT2D eigenvalue weighted by Crippen LogP contribution is -2.48. The summed E-state index contributed by atoms with van der Waals surface area (Å²) >= 11 is 2.06. The number of rotatable bonds is 3. The van der Waals surface area contributed by atoms with Crippen molar-refractivity contribution in [3.63, 3.8) is 0 Å². The number of hydrogen-bond donors (Lipinski definition) is 1. The fourth-order valence-electron chi connectivity index (χ4n) is 1.67. The Morgan fingerprint density at radius 2 is 2.25 bits per heavy atom. The minimum Gasteiger partial charge on any atom is -0.375 e. The summed E-state index contributed by atoms with van der Waals surface area (Å²) in [4.78, 5) is 13.2. The molecule has 6 nitrogen and oxygen atoms in total. The van der Waals surface area contributed by atoms with Gasteiger partial charge in [0.2, 0.25) is 15.9 Å². The van der Waals surface area contributed by atoms with Crippen LogP contribution in [0.15, 0.2) is 0 Å². The predicted octanol–water partition coefficient (Wildman–Crippen LogP) is -0.327. The van der Waals surface area contributed by atoms with Gasteiger partial charge in [0.15, 0.2) is 0 Å². The lowest BCUT2D eigenvalue weighted by atomic mass is 10.1. The van der Waals surface area contributed by atoms with Crippen LogP contribution in [-0.4, -0.2) is 48.8 Å². The van der Waals surface area contributed by atoms with Crippen LogP contribution in [0.2, 0.25) is 0 Å². The lowest BCUT2D eigenvalue weighted by molar-refractivity contribution is -0.136. The zero-order valence-corrected chi connectivity index (χ0v) is 11.9. The van der Waals surface area contributed by atoms with Gasteiger partial charge in [-0.25, -0.2) is 13.6 Å². The highest BCUT2D eigenvalue weighted by Crippen LogP contribution is 2.25. The zero-order valence-electron chi connectivity index (χ0n) is 8.93. The van der Waals surface area contributed by atoms with Gasteiger partial charge in [-0.3, -0.25) is 4.79 Å². The minimum absolute atomic E-state index is 0.0273. The van der Waals surface area contributed by atoms with Crippen molar-refractivity contribution in [1.82, 2.24) is 4.90 Å². The molecule has 0 bridgehead atoms. The summed E-state index contributed by atoms with van der Waals surface area (Å²) in [5, 5.41) is 4.55. The first-order valence-corrected chi connectivity index (χ1v) is 7.66. The van der Waals surface area contributed by atoms with E-state index in [1.54, 1.807) is 4.90 Å². The number of nitrogens with two attached hydrogens (primary N) is 1. The molecule has 8 heteroatoms. The maximum atomic E-state index is 11.6. The molecule has 2 unspecified atom stereocenters. The molecule has 1 heterocycles. The fraction of sp³-hybridized carbons (Fsp3) is 0.875. The van der Waals surface area contributed by atoms with Gasteiger partial charge < -0.3 is 9.64 Å². The molecule has 0 aromatic rings. The summed E-state index contributed by atoms with van der Waals surface area (Å²) in [6, 6.07) is 0. The summed E-state index contributed by atoms with van der Waals surface area (Å²) < 4.78 is 27.0. The average molecular weight is 362 g/mol. The van der Waals surface area contributed by atoms with Gasteiger partial charge in [-0.1, -0.05) is 22.6 Å². The van der Waals surface area contributed by atoms with Crippen LogP contribution in [0, 0.1) is 0 Å². The maximum Gasteiger partial charge on any atom is 0.249 e. The molecule has 2 atom stereocenters. The normalized spacial score (nSPS) is 26.8. The highest BCUT2D eigenvalue weighted by Gasteiger charge is 2.34. The van der Waals surface area contributed by atoms with Crippen LogP contribution >= 0.6 is 22.6 Å². The number of carbonyl (C=O) groups excluding carboxylic acids is 1. The van der Waals surface area contributed by atoms with Crippen molar-refractivity contribution in [2.75, 3.05) is 20.3 Å². The molecule has 2 N–H and O–H groups in total. The molecule has 94 valence electrons. The van der Waals surface area contributed by atoms with Crippen molar-refractivity contribution in [1.29, 1.82) is 0 Å². The van der Waals surface area contributed by atoms with Crippen LogP contribution < -0.4 is 5.14 Å². The van der Waals surface area contributed by atoms with Gasteiger partial charge >= 0.3 is 0 Å². The number of piperidine rings is 1. The van der Waals surface area contributed by atoms with Gasteiger partial charge in [0.25, 0.3) is 0 Å². The Morgan fingerprint density at radius 3 is 2.69 bits per heavy atom. The van der Waals surface area contributed by atoms with Crippen molar-refractivity contribution >= 4 is 38.5 Å². The Balaban J connectivity index is 2.62. The Kier molecular flexibility index (Phi) is 4.95. The van der Waals surface area contributed by atoms with E-state index >= 15 is 0 Å². The topological polar surface area (TPSA) is 89.7 Å². The summed E-state index contributed by atoms with van der Waals surface area (Å²) in [6.07, 6.45) is 0.780. The number of halogens is 1. The molecule has 1 fully saturated rings. The third-order valence-corrected chi connectivity index (χ3v) is 5.08. The Bertz CT molecular complexity index is 359. The van der Waals surface area contributed by atoms with E-state index in [4.69, 9.17) is 9.88 Å². The summed E-state index contributed by atoms with van der Waals surface area (Å²) in [7, 11) is -2.04. The molecule has 1 aliphatic rings. The summed E-state index contributed by atoms with van der Waals surface area (Å²) in [5.41, 5.74) is 0. The second-order valence-electron chi connectivity index (χ2n) is 3.69. The number of likely N-dealkylation sites (tertiary alicyclic amines) is 1. The van der Waals surface area contributed by atoms with E-state index < -0.39 is 15.3 Å². The van der Waals surface area contributed by atoms with E-state index in [1.807, 2.05) is 0 Å². The summed E-state index contributed by atoms with van der Waals surface area (Å²) in [5.74, 6) is -0.116. The first-order chi connectivity index (χ1) is 7.36. The zero-order chi connectivity index (χ0) is 12.3. The first kappa shape index (κ1) is 14.1. The van der Waals surface area contributed by atoms with Crippen LogP contribution in [0.5, 0.6) is 0 Å². The van der Waals surface area contributed by atoms with Crippen molar-refractivity contribution in [3.05, 3.63) is 0 Å². The van der Waals surface area contributed by atoms with E-state index in [0.717, 1.165) is 0 Å². The molecule has 16 heavy (non-hydrogen) atoms. The fourth-order valence-corrected chi connectivity index (χ4v) is 4.10. The second-order valence-corrected chi connectivity index (χ2v) is 6.97. The molecule has 0 saturated carbocycles. The maximum absolute atomic E-state index is 11.6. The lowest BCUT2D eigenvalue weighted by Gasteiger charge is -2.35. The van der Waals surface area contributed by atoms with Gasteiger partial charge in [-0.05, 0) is 12.8 Å². The van der Waals surface area contributed by atoms with Crippen LogP contribution in [0.25, 0.3) is 0 Å². The molecule has 1 saturated heterocycles. The van der Waals surface area contributed by atoms with Crippen molar-refractivity contribution in [2.45, 2.75) is 22.1 Å². The highest BCUT2D eigenvalue weighted by molar-refractivity contribution is 14.1. The first-order valence-electron chi connectivity index (χ1n) is 4.80. The van der Waals surface area contributed by atoms with E-state index in [1.165, 1.54) is 7.11 Å². The van der Waals surface area contributed by atoms with Crippen LogP contribution in [-0.2, 0) is 19.6 Å². The quantitative estimate of drug-likeness (QED) is 0.423. The van der Waals surface area contributed by atoms with Gasteiger partial charge in [0.05, 0.1) is 9.30 Å². The number of amides is 1. The molecular weight excluding hydrogens is 347 g/mol. The molecule has 1 aliphatic heterocycles. The van der Waals surface area contributed by atoms with Crippen molar-refractivity contribution in [2.24, 2.45) is 5.14 Å². The van der Waals surface area contributed by atoms with Crippen LogP contribution in [0.3, 0.4) is 0 Å². The van der Waals surface area contributed by atoms with Gasteiger partial charge in [-0.2, -0.15) is 0 Å². The third kappa shape index (κ3) is 3.54. The second kappa shape index (κ2) is 5.61. The molecular formula is C8H15IN2O4S. The number of primary sulfonamides is 1. The number of methoxy groups -OCH3 is 1. The smallest absolute Gasteiger partial charge is 0.249 e. The Hall–Kier alpha value is 0.0700. The number of nitrogens with zero attached hydrogens (tertiary/aromatic N) is 1. The monoisotopic (exact) mass is 362 g/mol. The number of sulfonamides is 1. The van der Waals surface area contributed by atoms with Crippen molar-refractivity contribution in [3.8, 4) is 0 Å². The minimum atomic E-state index is -3.49. The predicted molar refractivity (Wildman–Crippen MR) is 67.5 cm³/mol. The number of ether oxygens (including phenoxy) is 1. The SMILES string of the molecule is COCC(=O)N1CCC(S(N)(=O)=O)CC1I. The number of carbonyl (C=O) groups is 1. The van der Waals surface area contributed by atoms with Crippen LogP contribution in [0.4, 0.5) is 0 Å². The van der Waals surface area contributed by atoms with E-state index in [9.17, 15) is 13.2 Å². The molecule has 0 aromatic heterocycles. The van der Waals surface area contributed by atoms with Crippen molar-refractivity contribution < 1.29 is 17.9 Å². The Labute approximate surface area is 109 Å².